The zero-order valence-corrected chi connectivity index (χ0v) is 16.3. The number of rotatable bonds is 8. The summed E-state index contributed by atoms with van der Waals surface area (Å²) in [4.78, 5) is 29.2. The average molecular weight is 417 g/mol. The van der Waals surface area contributed by atoms with Crippen molar-refractivity contribution >= 4 is 29.4 Å². The Morgan fingerprint density at radius 2 is 2.00 bits per heavy atom. The van der Waals surface area contributed by atoms with Gasteiger partial charge in [-0.2, -0.15) is 8.78 Å². The number of benzene rings is 1. The number of amides is 2. The summed E-state index contributed by atoms with van der Waals surface area (Å²) in [6.45, 7) is 0.107. The molecule has 0 saturated carbocycles. The van der Waals surface area contributed by atoms with Gasteiger partial charge >= 0.3 is 6.61 Å². The van der Waals surface area contributed by atoms with Gasteiger partial charge in [0, 0.05) is 43.1 Å². The fourth-order valence-electron chi connectivity index (χ4n) is 2.72. The molecule has 0 unspecified atom stereocenters. The van der Waals surface area contributed by atoms with Crippen molar-refractivity contribution < 1.29 is 23.1 Å². The smallest absolute Gasteiger partial charge is 0.387 e. The van der Waals surface area contributed by atoms with Gasteiger partial charge in [-0.1, -0.05) is 11.6 Å². The molecular formula is C18H23ClF2N4O3. The number of hydrogen-bond donors (Lipinski definition) is 2. The van der Waals surface area contributed by atoms with Gasteiger partial charge in [-0.05, 0) is 31.5 Å². The minimum atomic E-state index is -2.95. The molecule has 1 aliphatic rings. The molecule has 0 aromatic heterocycles. The summed E-state index contributed by atoms with van der Waals surface area (Å²) in [5, 5.41) is 6.42. The van der Waals surface area contributed by atoms with Gasteiger partial charge < -0.3 is 15.4 Å². The second-order valence-electron chi connectivity index (χ2n) is 6.05. The van der Waals surface area contributed by atoms with E-state index in [1.165, 1.54) is 23.1 Å². The third kappa shape index (κ3) is 6.63. The van der Waals surface area contributed by atoms with Gasteiger partial charge in [-0.3, -0.25) is 14.5 Å². The maximum atomic E-state index is 12.6. The van der Waals surface area contributed by atoms with Crippen LogP contribution >= 0.6 is 11.6 Å². The molecule has 2 amide bonds. The van der Waals surface area contributed by atoms with Crippen LogP contribution in [0.3, 0.4) is 0 Å². The molecule has 2 N–H and O–H groups in total. The van der Waals surface area contributed by atoms with Crippen molar-refractivity contribution in [1.82, 2.24) is 15.5 Å². The number of alkyl halides is 2. The normalized spacial score (nSPS) is 15.2. The molecule has 10 heteroatoms. The molecule has 1 heterocycles. The molecule has 1 fully saturated rings. The van der Waals surface area contributed by atoms with E-state index in [4.69, 9.17) is 11.6 Å². The van der Waals surface area contributed by atoms with Crippen molar-refractivity contribution in [2.24, 2.45) is 4.99 Å². The average Bonchev–Trinajstić information content (AvgIpc) is 2.63. The zero-order chi connectivity index (χ0) is 20.5. The van der Waals surface area contributed by atoms with Crippen molar-refractivity contribution in [1.29, 1.82) is 0 Å². The summed E-state index contributed by atoms with van der Waals surface area (Å²) in [7, 11) is 0. The summed E-state index contributed by atoms with van der Waals surface area (Å²) < 4.78 is 29.6. The van der Waals surface area contributed by atoms with Gasteiger partial charge in [0.15, 0.2) is 5.96 Å². The molecule has 1 aliphatic heterocycles. The largest absolute Gasteiger partial charge is 0.434 e. The Bertz CT molecular complexity index is 715. The number of guanidine groups is 1. The van der Waals surface area contributed by atoms with Crippen LogP contribution in [0, 0.1) is 0 Å². The number of nitrogens with one attached hydrogen (secondary N) is 2. The van der Waals surface area contributed by atoms with Gasteiger partial charge in [-0.15, -0.1) is 0 Å². The van der Waals surface area contributed by atoms with E-state index in [1.807, 2.05) is 6.92 Å². The zero-order valence-electron chi connectivity index (χ0n) is 15.5. The number of likely N-dealkylation sites (tertiary alicyclic amines) is 1. The lowest BCUT2D eigenvalue weighted by atomic mass is 10.1. The number of carbonyl (C=O) groups excluding carboxylic acids is 2. The van der Waals surface area contributed by atoms with E-state index in [0.29, 0.717) is 48.9 Å². The lowest BCUT2D eigenvalue weighted by Crippen LogP contribution is -2.46. The van der Waals surface area contributed by atoms with Crippen molar-refractivity contribution in [2.75, 3.05) is 19.6 Å². The van der Waals surface area contributed by atoms with Crippen LogP contribution in [0.2, 0.25) is 5.02 Å². The van der Waals surface area contributed by atoms with Gasteiger partial charge in [0.25, 0.3) is 0 Å². The fraction of sp³-hybridized carbons (Fsp3) is 0.500. The number of ether oxygens (including phenoxy) is 1. The highest BCUT2D eigenvalue weighted by Crippen LogP contribution is 2.25. The standard InChI is InChI=1S/C18H23ClF2N4O3/c1-2-22-18(23-8-9-25-15(26)4-3-5-16(25)27)24-11-12-10-13(19)6-7-14(12)28-17(20)21/h6-7,10,17H,2-5,8-9,11H2,1H3,(H2,22,23,24). The Labute approximate surface area is 167 Å². The molecule has 0 atom stereocenters. The minimum Gasteiger partial charge on any atom is -0.434 e. The van der Waals surface area contributed by atoms with Gasteiger partial charge in [0.1, 0.15) is 5.75 Å². The maximum Gasteiger partial charge on any atom is 0.387 e. The minimum absolute atomic E-state index is 0.00325. The van der Waals surface area contributed by atoms with Crippen LogP contribution in [0.15, 0.2) is 23.2 Å². The Morgan fingerprint density at radius 1 is 1.29 bits per heavy atom. The summed E-state index contributed by atoms with van der Waals surface area (Å²) in [6, 6.07) is 4.34. The lowest BCUT2D eigenvalue weighted by molar-refractivity contribution is -0.147. The molecule has 1 saturated heterocycles. The lowest BCUT2D eigenvalue weighted by Gasteiger charge is -2.25. The highest BCUT2D eigenvalue weighted by atomic mass is 35.5. The number of hydrogen-bond acceptors (Lipinski definition) is 4. The first-order valence-electron chi connectivity index (χ1n) is 8.99. The SMILES string of the molecule is CCNC(=NCc1cc(Cl)ccc1OC(F)F)NCCN1C(=O)CCCC1=O. The molecular weight excluding hydrogens is 394 g/mol. The molecule has 0 bridgehead atoms. The summed E-state index contributed by atoms with van der Waals surface area (Å²) in [5.41, 5.74) is 0.409. The first kappa shape index (κ1) is 21.9. The Balaban J connectivity index is 1.99. The monoisotopic (exact) mass is 416 g/mol. The van der Waals surface area contributed by atoms with Gasteiger partial charge in [0.05, 0.1) is 6.54 Å². The van der Waals surface area contributed by atoms with Crippen molar-refractivity contribution in [3.05, 3.63) is 28.8 Å². The molecule has 0 spiro atoms. The van der Waals surface area contributed by atoms with Crippen LogP contribution in [0.5, 0.6) is 5.75 Å². The Morgan fingerprint density at radius 3 is 2.64 bits per heavy atom. The predicted octanol–water partition coefficient (Wildman–Crippen LogP) is 2.54. The van der Waals surface area contributed by atoms with Gasteiger partial charge in [0.2, 0.25) is 11.8 Å². The van der Waals surface area contributed by atoms with E-state index in [9.17, 15) is 18.4 Å². The number of imide groups is 1. The Hall–Kier alpha value is -2.42. The number of carbonyl (C=O) groups is 2. The maximum absolute atomic E-state index is 12.6. The molecule has 1 aromatic carbocycles. The number of nitrogens with zero attached hydrogens (tertiary/aromatic N) is 2. The molecule has 154 valence electrons. The van der Waals surface area contributed by atoms with Crippen LogP contribution in [0.25, 0.3) is 0 Å². The topological polar surface area (TPSA) is 83.0 Å². The molecule has 28 heavy (non-hydrogen) atoms. The van der Waals surface area contributed by atoms with E-state index in [-0.39, 0.29) is 30.7 Å². The molecule has 1 aromatic rings. The van der Waals surface area contributed by atoms with Crippen LogP contribution in [0.4, 0.5) is 8.78 Å². The first-order chi connectivity index (χ1) is 13.4. The Kier molecular flexibility index (Phi) is 8.43. The van der Waals surface area contributed by atoms with Crippen molar-refractivity contribution in [2.45, 2.75) is 39.3 Å². The van der Waals surface area contributed by atoms with E-state index in [0.717, 1.165) is 0 Å². The summed E-state index contributed by atoms with van der Waals surface area (Å²) in [5.74, 6) is 0.0753. The third-order valence-corrected chi connectivity index (χ3v) is 4.24. The van der Waals surface area contributed by atoms with Crippen molar-refractivity contribution in [3.63, 3.8) is 0 Å². The van der Waals surface area contributed by atoms with Crippen LogP contribution in [-0.4, -0.2) is 48.9 Å². The first-order valence-corrected chi connectivity index (χ1v) is 9.37. The van der Waals surface area contributed by atoms with E-state index >= 15 is 0 Å². The summed E-state index contributed by atoms with van der Waals surface area (Å²) in [6.07, 6.45) is 1.34. The second kappa shape index (κ2) is 10.8. The molecule has 0 aliphatic carbocycles. The number of piperidine rings is 1. The fourth-order valence-corrected chi connectivity index (χ4v) is 2.92. The summed E-state index contributed by atoms with van der Waals surface area (Å²) >= 11 is 5.93. The molecule has 0 radical (unpaired) electrons. The van der Waals surface area contributed by atoms with E-state index in [1.54, 1.807) is 0 Å². The van der Waals surface area contributed by atoms with Crippen LogP contribution in [0.1, 0.15) is 31.7 Å². The van der Waals surface area contributed by atoms with Gasteiger partial charge in [-0.25, -0.2) is 4.99 Å². The van der Waals surface area contributed by atoms with Crippen LogP contribution < -0.4 is 15.4 Å². The van der Waals surface area contributed by atoms with Crippen LogP contribution in [-0.2, 0) is 16.1 Å². The highest BCUT2D eigenvalue weighted by Gasteiger charge is 2.25. The molecule has 2 rings (SSSR count). The molecule has 7 nitrogen and oxygen atoms in total. The van der Waals surface area contributed by atoms with Crippen molar-refractivity contribution in [3.8, 4) is 5.75 Å². The van der Waals surface area contributed by atoms with E-state index in [2.05, 4.69) is 20.4 Å². The predicted molar refractivity (Wildman–Crippen MR) is 101 cm³/mol. The number of halogens is 3. The number of aliphatic imine (C=N–C) groups is 1. The van der Waals surface area contributed by atoms with E-state index < -0.39 is 6.61 Å². The third-order valence-electron chi connectivity index (χ3n) is 4.00. The highest BCUT2D eigenvalue weighted by molar-refractivity contribution is 6.30. The quantitative estimate of drug-likeness (QED) is 0.386. The second-order valence-corrected chi connectivity index (χ2v) is 6.48.